The molecule has 0 bridgehead atoms. The molecular formula is C14H18BrNO4. The number of carboxylic acids is 1. The molecule has 0 aliphatic heterocycles. The summed E-state index contributed by atoms with van der Waals surface area (Å²) in [6.07, 6.45) is 0.840. The summed E-state index contributed by atoms with van der Waals surface area (Å²) in [6, 6.07) is 4.51. The number of halogens is 1. The summed E-state index contributed by atoms with van der Waals surface area (Å²) in [5.74, 6) is -1.56. The number of hydrogen-bond donors (Lipinski definition) is 3. The molecule has 1 rings (SSSR count). The zero-order valence-electron chi connectivity index (χ0n) is 11.4. The van der Waals surface area contributed by atoms with E-state index in [9.17, 15) is 19.8 Å². The first-order chi connectivity index (χ1) is 9.36. The summed E-state index contributed by atoms with van der Waals surface area (Å²) in [5, 5.41) is 21.5. The van der Waals surface area contributed by atoms with Crippen molar-refractivity contribution in [2.24, 2.45) is 5.41 Å². The van der Waals surface area contributed by atoms with Gasteiger partial charge in [-0.05, 0) is 31.0 Å². The van der Waals surface area contributed by atoms with Gasteiger partial charge < -0.3 is 15.5 Å². The minimum absolute atomic E-state index is 0.0279. The van der Waals surface area contributed by atoms with Crippen molar-refractivity contribution in [1.82, 2.24) is 5.32 Å². The van der Waals surface area contributed by atoms with Gasteiger partial charge in [0.1, 0.15) is 5.75 Å². The molecule has 0 aromatic heterocycles. The molecule has 20 heavy (non-hydrogen) atoms. The second kappa shape index (κ2) is 6.74. The van der Waals surface area contributed by atoms with Crippen molar-refractivity contribution in [3.63, 3.8) is 0 Å². The molecule has 110 valence electrons. The Labute approximate surface area is 126 Å². The number of nitrogens with one attached hydrogen (secondary N) is 1. The van der Waals surface area contributed by atoms with Crippen LogP contribution >= 0.6 is 15.9 Å². The molecule has 0 aliphatic rings. The highest BCUT2D eigenvalue weighted by Gasteiger charge is 2.35. The number of aromatic hydroxyl groups is 1. The van der Waals surface area contributed by atoms with Crippen LogP contribution < -0.4 is 5.32 Å². The standard InChI is InChI=1S/C14H18BrNO4/c1-3-14(4-2,13(19)20)8-16-12(18)10-7-9(15)5-6-11(10)17/h5-7,17H,3-4,8H2,1-2H3,(H,16,18)(H,19,20). The van der Waals surface area contributed by atoms with Crippen LogP contribution in [0.1, 0.15) is 37.0 Å². The van der Waals surface area contributed by atoms with Crippen LogP contribution in [0.3, 0.4) is 0 Å². The molecule has 6 heteroatoms. The van der Waals surface area contributed by atoms with E-state index in [0.717, 1.165) is 0 Å². The van der Waals surface area contributed by atoms with E-state index >= 15 is 0 Å². The van der Waals surface area contributed by atoms with Gasteiger partial charge in [0.25, 0.3) is 5.91 Å². The highest BCUT2D eigenvalue weighted by atomic mass is 79.9. The number of aliphatic carboxylic acids is 1. The van der Waals surface area contributed by atoms with Crippen molar-refractivity contribution in [1.29, 1.82) is 0 Å². The molecule has 0 atom stereocenters. The van der Waals surface area contributed by atoms with Crippen molar-refractivity contribution in [2.75, 3.05) is 6.54 Å². The lowest BCUT2D eigenvalue weighted by Crippen LogP contribution is -2.42. The van der Waals surface area contributed by atoms with Gasteiger partial charge in [0.2, 0.25) is 0 Å². The molecule has 1 aromatic carbocycles. The maximum Gasteiger partial charge on any atom is 0.311 e. The lowest BCUT2D eigenvalue weighted by atomic mass is 9.82. The fourth-order valence-corrected chi connectivity index (χ4v) is 2.27. The number of rotatable bonds is 6. The van der Waals surface area contributed by atoms with Gasteiger partial charge in [-0.2, -0.15) is 0 Å². The number of carboxylic acid groups (broad SMARTS) is 1. The molecule has 0 saturated heterocycles. The van der Waals surface area contributed by atoms with Crippen LogP contribution in [0, 0.1) is 5.41 Å². The summed E-state index contributed by atoms with van der Waals surface area (Å²) < 4.78 is 0.663. The number of amides is 1. The lowest BCUT2D eigenvalue weighted by Gasteiger charge is -2.26. The van der Waals surface area contributed by atoms with Crippen molar-refractivity contribution in [3.8, 4) is 5.75 Å². The van der Waals surface area contributed by atoms with Crippen LogP contribution in [-0.2, 0) is 4.79 Å². The molecule has 0 unspecified atom stereocenters. The Balaban J connectivity index is 2.86. The van der Waals surface area contributed by atoms with E-state index in [1.54, 1.807) is 19.9 Å². The third-order valence-corrected chi connectivity index (χ3v) is 4.09. The van der Waals surface area contributed by atoms with Crippen molar-refractivity contribution < 1.29 is 19.8 Å². The normalized spacial score (nSPS) is 11.2. The molecule has 0 heterocycles. The molecule has 0 spiro atoms. The van der Waals surface area contributed by atoms with Gasteiger partial charge in [-0.3, -0.25) is 9.59 Å². The molecule has 0 aliphatic carbocycles. The first-order valence-electron chi connectivity index (χ1n) is 6.36. The van der Waals surface area contributed by atoms with Crippen molar-refractivity contribution in [3.05, 3.63) is 28.2 Å². The summed E-state index contributed by atoms with van der Waals surface area (Å²) in [6.45, 7) is 3.58. The Hall–Kier alpha value is -1.56. The van der Waals surface area contributed by atoms with Crippen LogP contribution in [-0.4, -0.2) is 28.6 Å². The lowest BCUT2D eigenvalue weighted by molar-refractivity contribution is -0.149. The van der Waals surface area contributed by atoms with Crippen LogP contribution in [0.2, 0.25) is 0 Å². The topological polar surface area (TPSA) is 86.6 Å². The van der Waals surface area contributed by atoms with Gasteiger partial charge in [0.05, 0.1) is 11.0 Å². The molecule has 1 aromatic rings. The zero-order valence-corrected chi connectivity index (χ0v) is 13.0. The second-order valence-electron chi connectivity index (χ2n) is 4.64. The van der Waals surface area contributed by atoms with Crippen molar-refractivity contribution in [2.45, 2.75) is 26.7 Å². The highest BCUT2D eigenvalue weighted by molar-refractivity contribution is 9.10. The maximum absolute atomic E-state index is 12.0. The number of phenols is 1. The molecule has 0 fully saturated rings. The third kappa shape index (κ3) is 3.50. The van der Waals surface area contributed by atoms with Crippen molar-refractivity contribution >= 4 is 27.8 Å². The fraction of sp³-hybridized carbons (Fsp3) is 0.429. The fourth-order valence-electron chi connectivity index (χ4n) is 1.91. The molecule has 3 N–H and O–H groups in total. The van der Waals surface area contributed by atoms with Gasteiger partial charge in [-0.15, -0.1) is 0 Å². The third-order valence-electron chi connectivity index (χ3n) is 3.60. The van der Waals surface area contributed by atoms with Crippen LogP contribution in [0.25, 0.3) is 0 Å². The molecule has 0 saturated carbocycles. The SMILES string of the molecule is CCC(CC)(CNC(=O)c1cc(Br)ccc1O)C(=O)O. The van der Waals surface area contributed by atoms with Gasteiger partial charge in [-0.1, -0.05) is 29.8 Å². The Morgan fingerprint density at radius 1 is 1.30 bits per heavy atom. The minimum atomic E-state index is -0.975. The smallest absolute Gasteiger partial charge is 0.311 e. The summed E-state index contributed by atoms with van der Waals surface area (Å²) >= 11 is 3.22. The largest absolute Gasteiger partial charge is 0.507 e. The van der Waals surface area contributed by atoms with Gasteiger partial charge >= 0.3 is 5.97 Å². The van der Waals surface area contributed by atoms with Gasteiger partial charge in [0, 0.05) is 11.0 Å². The molecular weight excluding hydrogens is 326 g/mol. The highest BCUT2D eigenvalue weighted by Crippen LogP contribution is 2.26. The predicted octanol–water partition coefficient (Wildman–Crippen LogP) is 2.78. The van der Waals surface area contributed by atoms with E-state index in [2.05, 4.69) is 21.2 Å². The van der Waals surface area contributed by atoms with E-state index in [1.807, 2.05) is 0 Å². The summed E-state index contributed by atoms with van der Waals surface area (Å²) in [4.78, 5) is 23.4. The second-order valence-corrected chi connectivity index (χ2v) is 5.55. The Morgan fingerprint density at radius 2 is 1.90 bits per heavy atom. The average molecular weight is 344 g/mol. The number of hydrogen-bond acceptors (Lipinski definition) is 3. The number of benzene rings is 1. The van der Waals surface area contributed by atoms with Gasteiger partial charge in [0.15, 0.2) is 0 Å². The minimum Gasteiger partial charge on any atom is -0.507 e. The predicted molar refractivity (Wildman–Crippen MR) is 78.8 cm³/mol. The first-order valence-corrected chi connectivity index (χ1v) is 7.15. The van der Waals surface area contributed by atoms with Crippen LogP contribution in [0.15, 0.2) is 22.7 Å². The Bertz CT molecular complexity index is 512. The molecule has 5 nitrogen and oxygen atoms in total. The molecule has 1 amide bonds. The van der Waals surface area contributed by atoms with E-state index in [-0.39, 0.29) is 17.9 Å². The van der Waals surface area contributed by atoms with Crippen LogP contribution in [0.4, 0.5) is 0 Å². The van der Waals surface area contributed by atoms with E-state index in [4.69, 9.17) is 0 Å². The Kier molecular flexibility index (Phi) is 5.56. The Morgan fingerprint density at radius 3 is 2.40 bits per heavy atom. The number of phenolic OH excluding ortho intramolecular Hbond substituents is 1. The monoisotopic (exact) mass is 343 g/mol. The maximum atomic E-state index is 12.0. The van der Waals surface area contributed by atoms with E-state index in [1.165, 1.54) is 12.1 Å². The molecule has 0 radical (unpaired) electrons. The zero-order chi connectivity index (χ0) is 15.3. The summed E-state index contributed by atoms with van der Waals surface area (Å²) in [5.41, 5.74) is -0.858. The van der Waals surface area contributed by atoms with E-state index < -0.39 is 17.3 Å². The van der Waals surface area contributed by atoms with Gasteiger partial charge in [-0.25, -0.2) is 0 Å². The quantitative estimate of drug-likeness (QED) is 0.741. The average Bonchev–Trinajstić information content (AvgIpc) is 2.42. The number of carbonyl (C=O) groups is 2. The number of carbonyl (C=O) groups excluding carboxylic acids is 1. The van der Waals surface area contributed by atoms with E-state index in [0.29, 0.717) is 17.3 Å². The summed E-state index contributed by atoms with van der Waals surface area (Å²) in [7, 11) is 0. The van der Waals surface area contributed by atoms with Crippen LogP contribution in [0.5, 0.6) is 5.75 Å². The first kappa shape index (κ1) is 16.5.